The van der Waals surface area contributed by atoms with E-state index in [9.17, 15) is 14.0 Å². The molecule has 5 rings (SSSR count). The maximum atomic E-state index is 13.8. The van der Waals surface area contributed by atoms with Crippen LogP contribution in [0.3, 0.4) is 0 Å². The van der Waals surface area contributed by atoms with Crippen LogP contribution in [-0.4, -0.2) is 39.9 Å². The lowest BCUT2D eigenvalue weighted by atomic mass is 9.97. The first-order valence-electron chi connectivity index (χ1n) is 11.8. The van der Waals surface area contributed by atoms with Gasteiger partial charge in [0.05, 0.1) is 5.92 Å². The molecule has 0 bridgehead atoms. The molecule has 1 saturated heterocycles. The Hall–Kier alpha value is -4.33. The van der Waals surface area contributed by atoms with Crippen LogP contribution in [0, 0.1) is 12.7 Å². The number of rotatable bonds is 5. The molecular weight excluding hydrogens is 459 g/mol. The SMILES string of the molecule is Cc1ccc(NC(=O)c2ccc(-c3noc([C@H]4CCCN(C(=O)c5ccccc5)C4)n3)cc2)cc1F. The number of hydrogen-bond acceptors (Lipinski definition) is 5. The van der Waals surface area contributed by atoms with Gasteiger partial charge in [0.25, 0.3) is 11.8 Å². The summed E-state index contributed by atoms with van der Waals surface area (Å²) in [6.07, 6.45) is 1.72. The van der Waals surface area contributed by atoms with Gasteiger partial charge in [-0.3, -0.25) is 9.59 Å². The first-order valence-corrected chi connectivity index (χ1v) is 11.8. The lowest BCUT2D eigenvalue weighted by Gasteiger charge is -2.31. The van der Waals surface area contributed by atoms with Gasteiger partial charge >= 0.3 is 0 Å². The third-order valence-electron chi connectivity index (χ3n) is 6.36. The normalized spacial score (nSPS) is 15.5. The largest absolute Gasteiger partial charge is 0.339 e. The van der Waals surface area contributed by atoms with Gasteiger partial charge in [-0.1, -0.05) is 41.6 Å². The van der Waals surface area contributed by atoms with Crippen molar-refractivity contribution >= 4 is 17.5 Å². The average molecular weight is 485 g/mol. The zero-order valence-electron chi connectivity index (χ0n) is 19.8. The molecule has 0 aliphatic carbocycles. The third kappa shape index (κ3) is 5.02. The summed E-state index contributed by atoms with van der Waals surface area (Å²) in [6.45, 7) is 2.88. The zero-order valence-corrected chi connectivity index (χ0v) is 19.8. The molecule has 1 N–H and O–H groups in total. The van der Waals surface area contributed by atoms with Crippen molar-refractivity contribution in [2.75, 3.05) is 18.4 Å². The van der Waals surface area contributed by atoms with Crippen molar-refractivity contribution in [1.29, 1.82) is 0 Å². The minimum absolute atomic E-state index is 0.00211. The fraction of sp³-hybridized carbons (Fsp3) is 0.214. The van der Waals surface area contributed by atoms with Crippen molar-refractivity contribution in [2.45, 2.75) is 25.7 Å². The Morgan fingerprint density at radius 3 is 2.56 bits per heavy atom. The molecule has 182 valence electrons. The highest BCUT2D eigenvalue weighted by atomic mass is 19.1. The smallest absolute Gasteiger partial charge is 0.255 e. The molecule has 0 unspecified atom stereocenters. The maximum absolute atomic E-state index is 13.8. The van der Waals surface area contributed by atoms with Crippen molar-refractivity contribution in [3.05, 3.63) is 101 Å². The first-order chi connectivity index (χ1) is 17.5. The number of amides is 2. The highest BCUT2D eigenvalue weighted by Gasteiger charge is 2.29. The maximum Gasteiger partial charge on any atom is 0.255 e. The van der Waals surface area contributed by atoms with Crippen molar-refractivity contribution in [3.63, 3.8) is 0 Å². The summed E-state index contributed by atoms with van der Waals surface area (Å²) in [5.41, 5.74) is 2.70. The van der Waals surface area contributed by atoms with E-state index in [0.29, 0.717) is 52.7 Å². The number of halogens is 1. The average Bonchev–Trinajstić information content (AvgIpc) is 3.41. The third-order valence-corrected chi connectivity index (χ3v) is 6.36. The molecule has 2 amide bonds. The molecule has 0 saturated carbocycles. The second-order valence-electron chi connectivity index (χ2n) is 8.91. The number of carbonyl (C=O) groups excluding carboxylic acids is 2. The minimum atomic E-state index is -0.374. The Morgan fingerprint density at radius 2 is 1.81 bits per heavy atom. The first kappa shape index (κ1) is 23.4. The van der Waals surface area contributed by atoms with Crippen molar-refractivity contribution in [2.24, 2.45) is 0 Å². The number of hydrogen-bond donors (Lipinski definition) is 1. The summed E-state index contributed by atoms with van der Waals surface area (Å²) >= 11 is 0. The molecule has 4 aromatic rings. The molecule has 1 atom stereocenters. The van der Waals surface area contributed by atoms with E-state index in [0.717, 1.165) is 12.8 Å². The molecule has 0 spiro atoms. The molecule has 1 fully saturated rings. The zero-order chi connectivity index (χ0) is 25.1. The molecule has 1 aliphatic rings. The molecule has 1 aliphatic heterocycles. The number of aryl methyl sites for hydroxylation is 1. The van der Waals surface area contributed by atoms with Crippen LogP contribution in [0.15, 0.2) is 77.3 Å². The predicted molar refractivity (Wildman–Crippen MR) is 133 cm³/mol. The summed E-state index contributed by atoms with van der Waals surface area (Å²) in [5.74, 6) is 0.170. The van der Waals surface area contributed by atoms with E-state index in [-0.39, 0.29) is 23.5 Å². The number of piperidine rings is 1. The van der Waals surface area contributed by atoms with E-state index in [1.165, 1.54) is 6.07 Å². The molecule has 36 heavy (non-hydrogen) atoms. The Balaban J connectivity index is 1.25. The van der Waals surface area contributed by atoms with Gasteiger partial charge in [-0.15, -0.1) is 0 Å². The molecule has 2 heterocycles. The van der Waals surface area contributed by atoms with Gasteiger partial charge in [-0.05, 0) is 61.7 Å². The topological polar surface area (TPSA) is 88.3 Å². The number of benzene rings is 3. The van der Waals surface area contributed by atoms with Crippen LogP contribution in [0.5, 0.6) is 0 Å². The van der Waals surface area contributed by atoms with Gasteiger partial charge in [0, 0.05) is 35.5 Å². The van der Waals surface area contributed by atoms with Gasteiger partial charge in [0.2, 0.25) is 11.7 Å². The Bertz CT molecular complexity index is 1390. The Labute approximate surface area is 207 Å². The highest BCUT2D eigenvalue weighted by Crippen LogP contribution is 2.28. The standard InChI is InChI=1S/C28H25FN4O3/c1-18-9-14-23(16-24(18)29)30-26(34)20-12-10-19(11-13-20)25-31-27(36-32-25)22-8-5-15-33(17-22)28(35)21-6-3-2-4-7-21/h2-4,6-7,9-14,16,22H,5,8,15,17H2,1H3,(H,30,34)/t22-/m0/s1. The van der Waals surface area contributed by atoms with E-state index in [1.54, 1.807) is 43.3 Å². The number of anilines is 1. The minimum Gasteiger partial charge on any atom is -0.339 e. The molecule has 1 aromatic heterocycles. The summed E-state index contributed by atoms with van der Waals surface area (Å²) < 4.78 is 19.3. The van der Waals surface area contributed by atoms with E-state index in [2.05, 4.69) is 15.5 Å². The lowest BCUT2D eigenvalue weighted by Crippen LogP contribution is -2.39. The highest BCUT2D eigenvalue weighted by molar-refractivity contribution is 6.04. The molecule has 3 aromatic carbocycles. The fourth-order valence-corrected chi connectivity index (χ4v) is 4.29. The summed E-state index contributed by atoms with van der Waals surface area (Å²) in [4.78, 5) is 31.8. The van der Waals surface area contributed by atoms with Crippen molar-refractivity contribution in [1.82, 2.24) is 15.0 Å². The monoisotopic (exact) mass is 484 g/mol. The van der Waals surface area contributed by atoms with Crippen LogP contribution in [-0.2, 0) is 0 Å². The van der Waals surface area contributed by atoms with E-state index < -0.39 is 0 Å². The molecular formula is C28H25FN4O3. The number of nitrogens with one attached hydrogen (secondary N) is 1. The number of likely N-dealkylation sites (tertiary alicyclic amines) is 1. The van der Waals surface area contributed by atoms with E-state index in [4.69, 9.17) is 4.52 Å². The lowest BCUT2D eigenvalue weighted by molar-refractivity contribution is 0.0695. The second-order valence-corrected chi connectivity index (χ2v) is 8.91. The Kier molecular flexibility index (Phi) is 6.58. The predicted octanol–water partition coefficient (Wildman–Crippen LogP) is 5.46. The van der Waals surface area contributed by atoms with E-state index in [1.807, 2.05) is 35.2 Å². The summed E-state index contributed by atoms with van der Waals surface area (Å²) in [5, 5.41) is 6.81. The summed E-state index contributed by atoms with van der Waals surface area (Å²) in [6, 6.07) is 20.6. The molecule has 7 nitrogen and oxygen atoms in total. The van der Waals surface area contributed by atoms with Gasteiger partial charge in [-0.25, -0.2) is 4.39 Å². The Morgan fingerprint density at radius 1 is 1.03 bits per heavy atom. The van der Waals surface area contributed by atoms with Gasteiger partial charge in [0.1, 0.15) is 5.82 Å². The van der Waals surface area contributed by atoms with Crippen LogP contribution in [0.2, 0.25) is 0 Å². The van der Waals surface area contributed by atoms with Gasteiger partial charge in [0.15, 0.2) is 0 Å². The molecule has 8 heteroatoms. The van der Waals surface area contributed by atoms with Crippen LogP contribution in [0.1, 0.15) is 50.9 Å². The number of aromatic nitrogens is 2. The van der Waals surface area contributed by atoms with Crippen LogP contribution in [0.4, 0.5) is 10.1 Å². The van der Waals surface area contributed by atoms with Crippen molar-refractivity contribution < 1.29 is 18.5 Å². The second kappa shape index (κ2) is 10.1. The number of carbonyl (C=O) groups is 2. The fourth-order valence-electron chi connectivity index (χ4n) is 4.29. The molecule has 0 radical (unpaired) electrons. The van der Waals surface area contributed by atoms with Crippen LogP contribution < -0.4 is 5.32 Å². The summed E-state index contributed by atoms with van der Waals surface area (Å²) in [7, 11) is 0. The van der Waals surface area contributed by atoms with Gasteiger partial charge < -0.3 is 14.7 Å². The van der Waals surface area contributed by atoms with Gasteiger partial charge in [-0.2, -0.15) is 4.98 Å². The number of nitrogens with zero attached hydrogens (tertiary/aromatic N) is 3. The van der Waals surface area contributed by atoms with Crippen molar-refractivity contribution in [3.8, 4) is 11.4 Å². The van der Waals surface area contributed by atoms with Crippen LogP contribution >= 0.6 is 0 Å². The van der Waals surface area contributed by atoms with E-state index >= 15 is 0 Å². The van der Waals surface area contributed by atoms with Crippen LogP contribution in [0.25, 0.3) is 11.4 Å². The quantitative estimate of drug-likeness (QED) is 0.407.